The number of aromatic nitrogens is 3. The maximum absolute atomic E-state index is 5.85. The molecule has 0 aliphatic rings. The Morgan fingerprint density at radius 1 is 1.17 bits per heavy atom. The molecule has 0 radical (unpaired) electrons. The monoisotopic (exact) mass is 322 g/mol. The molecule has 0 amide bonds. The molecule has 0 fully saturated rings. The van der Waals surface area contributed by atoms with Gasteiger partial charge in [-0.15, -0.1) is 0 Å². The second-order valence-corrected chi connectivity index (χ2v) is 5.74. The van der Waals surface area contributed by atoms with Crippen molar-refractivity contribution >= 4 is 22.1 Å². The van der Waals surface area contributed by atoms with Crippen molar-refractivity contribution in [2.45, 2.75) is 33.9 Å². The molecule has 0 bridgehead atoms. The van der Waals surface area contributed by atoms with Gasteiger partial charge in [-0.25, -0.2) is 9.13 Å². The molecule has 2 aromatic heterocycles. The highest BCUT2D eigenvalue weighted by Gasteiger charge is 2.20. The molecule has 0 saturated heterocycles. The molecule has 24 heavy (non-hydrogen) atoms. The molecular formula is C19H20N3O2+. The number of imidazole rings is 1. The zero-order valence-electron chi connectivity index (χ0n) is 14.1. The summed E-state index contributed by atoms with van der Waals surface area (Å²) in [6.07, 6.45) is 0.269. The topological polar surface area (TPSA) is 44.1 Å². The van der Waals surface area contributed by atoms with Crippen LogP contribution in [0, 0.1) is 6.92 Å². The number of rotatable bonds is 4. The lowest BCUT2D eigenvalue weighted by molar-refractivity contribution is -0.674. The molecule has 0 aliphatic carbocycles. The molecule has 2 aromatic carbocycles. The first-order valence-corrected chi connectivity index (χ1v) is 8.27. The van der Waals surface area contributed by atoms with Gasteiger partial charge in [-0.1, -0.05) is 12.1 Å². The van der Waals surface area contributed by atoms with Crippen molar-refractivity contribution in [1.29, 1.82) is 0 Å². The van der Waals surface area contributed by atoms with Crippen LogP contribution in [-0.2, 0) is 13.1 Å². The number of ether oxygens (including phenoxy) is 1. The van der Waals surface area contributed by atoms with Gasteiger partial charge in [0.1, 0.15) is 11.3 Å². The van der Waals surface area contributed by atoms with E-state index in [0.717, 1.165) is 35.5 Å². The smallest absolute Gasteiger partial charge is 0.400 e. The van der Waals surface area contributed by atoms with E-state index in [1.807, 2.05) is 36.4 Å². The molecule has 4 rings (SSSR count). The van der Waals surface area contributed by atoms with Gasteiger partial charge in [0.15, 0.2) is 16.6 Å². The van der Waals surface area contributed by atoms with Crippen LogP contribution in [0.4, 0.5) is 0 Å². The molecule has 122 valence electrons. The molecule has 0 unspecified atom stereocenters. The highest BCUT2D eigenvalue weighted by atomic mass is 16.6. The number of hydrogen-bond acceptors (Lipinski definition) is 3. The third kappa shape index (κ3) is 2.24. The summed E-state index contributed by atoms with van der Waals surface area (Å²) in [6, 6.07) is 13.7. The van der Waals surface area contributed by atoms with Crippen LogP contribution in [0.2, 0.25) is 0 Å². The molecule has 0 aliphatic heterocycles. The van der Waals surface area contributed by atoms with E-state index >= 15 is 0 Å². The lowest BCUT2D eigenvalue weighted by atomic mass is 10.3. The molecule has 0 atom stereocenters. The number of para-hydroxylation sites is 2. The minimum absolute atomic E-state index is 0.269. The molecule has 4 aromatic rings. The van der Waals surface area contributed by atoms with E-state index in [1.54, 1.807) is 0 Å². The predicted octanol–water partition coefficient (Wildman–Crippen LogP) is 4.21. The zero-order chi connectivity index (χ0) is 16.7. The van der Waals surface area contributed by atoms with Crippen LogP contribution in [0.5, 0.6) is 11.8 Å². The Hall–Kier alpha value is -2.82. The van der Waals surface area contributed by atoms with Crippen LogP contribution >= 0.6 is 0 Å². The van der Waals surface area contributed by atoms with Gasteiger partial charge < -0.3 is 9.15 Å². The van der Waals surface area contributed by atoms with Crippen LogP contribution in [0.3, 0.4) is 0 Å². The first-order chi connectivity index (χ1) is 11.7. The molecular weight excluding hydrogens is 302 g/mol. The molecule has 5 nitrogen and oxygen atoms in total. The van der Waals surface area contributed by atoms with E-state index in [1.165, 1.54) is 11.3 Å². The van der Waals surface area contributed by atoms with E-state index in [9.17, 15) is 0 Å². The van der Waals surface area contributed by atoms with Crippen LogP contribution in [0.25, 0.3) is 22.1 Å². The summed E-state index contributed by atoms with van der Waals surface area (Å²) in [4.78, 5) is 4.37. The second kappa shape index (κ2) is 5.67. The Labute approximate surface area is 140 Å². The number of nitrogens with zero attached hydrogens (tertiary/aromatic N) is 3. The Balaban J connectivity index is 1.77. The van der Waals surface area contributed by atoms with E-state index in [0.29, 0.717) is 0 Å². The fourth-order valence-corrected chi connectivity index (χ4v) is 3.30. The Morgan fingerprint density at radius 3 is 2.75 bits per heavy atom. The van der Waals surface area contributed by atoms with Crippen LogP contribution in [0.15, 0.2) is 46.9 Å². The normalized spacial score (nSPS) is 11.5. The minimum Gasteiger partial charge on any atom is -0.411 e. The SMILES string of the molecule is CCn1c(C)[n+](CC)c2ccc(Oc3nc4ccccc4o3)cc21. The maximum atomic E-state index is 5.85. The van der Waals surface area contributed by atoms with Gasteiger partial charge in [0.05, 0.1) is 13.1 Å². The van der Waals surface area contributed by atoms with Gasteiger partial charge in [-0.2, -0.15) is 4.98 Å². The molecule has 2 heterocycles. The molecule has 0 saturated carbocycles. The van der Waals surface area contributed by atoms with Crippen molar-refractivity contribution in [3.8, 4) is 11.8 Å². The fraction of sp³-hybridized carbons (Fsp3) is 0.263. The van der Waals surface area contributed by atoms with Crippen molar-refractivity contribution in [2.24, 2.45) is 0 Å². The molecule has 0 N–H and O–H groups in total. The summed E-state index contributed by atoms with van der Waals surface area (Å²) in [5.41, 5.74) is 3.89. The highest BCUT2D eigenvalue weighted by Crippen LogP contribution is 2.27. The summed E-state index contributed by atoms with van der Waals surface area (Å²) in [5, 5.41) is 0. The summed E-state index contributed by atoms with van der Waals surface area (Å²) in [6.45, 7) is 8.33. The number of aryl methyl sites for hydroxylation is 2. The van der Waals surface area contributed by atoms with Crippen molar-refractivity contribution < 1.29 is 13.7 Å². The van der Waals surface area contributed by atoms with Crippen LogP contribution in [0.1, 0.15) is 19.7 Å². The van der Waals surface area contributed by atoms with Crippen molar-refractivity contribution in [1.82, 2.24) is 9.55 Å². The Morgan fingerprint density at radius 2 is 2.00 bits per heavy atom. The lowest BCUT2D eigenvalue weighted by Gasteiger charge is -2.00. The second-order valence-electron chi connectivity index (χ2n) is 5.74. The maximum Gasteiger partial charge on any atom is 0.400 e. The summed E-state index contributed by atoms with van der Waals surface area (Å²) in [5.74, 6) is 1.97. The Bertz CT molecular complexity index is 997. The van der Waals surface area contributed by atoms with Crippen molar-refractivity contribution in [2.75, 3.05) is 0 Å². The van der Waals surface area contributed by atoms with Gasteiger partial charge in [0.25, 0.3) is 5.82 Å². The summed E-state index contributed by atoms with van der Waals surface area (Å²) in [7, 11) is 0. The van der Waals surface area contributed by atoms with E-state index in [4.69, 9.17) is 9.15 Å². The largest absolute Gasteiger partial charge is 0.411 e. The molecule has 5 heteroatoms. The third-order valence-corrected chi connectivity index (χ3v) is 4.42. The molecule has 0 spiro atoms. The van der Waals surface area contributed by atoms with Gasteiger partial charge in [0.2, 0.25) is 0 Å². The van der Waals surface area contributed by atoms with Crippen molar-refractivity contribution in [3.05, 3.63) is 48.3 Å². The summed E-state index contributed by atoms with van der Waals surface area (Å²) < 4.78 is 16.1. The first-order valence-electron chi connectivity index (χ1n) is 8.27. The minimum atomic E-state index is 0.269. The lowest BCUT2D eigenvalue weighted by Crippen LogP contribution is -2.34. The Kier molecular flexibility index (Phi) is 3.49. The number of fused-ring (bicyclic) bond motifs is 2. The zero-order valence-corrected chi connectivity index (χ0v) is 14.1. The van der Waals surface area contributed by atoms with Gasteiger partial charge in [-0.3, -0.25) is 0 Å². The van der Waals surface area contributed by atoms with Crippen molar-refractivity contribution in [3.63, 3.8) is 0 Å². The average molecular weight is 322 g/mol. The quantitative estimate of drug-likeness (QED) is 0.529. The van der Waals surface area contributed by atoms with Gasteiger partial charge in [-0.05, 0) is 38.1 Å². The number of oxazole rings is 1. The van der Waals surface area contributed by atoms with Crippen LogP contribution < -0.4 is 9.30 Å². The summed E-state index contributed by atoms with van der Waals surface area (Å²) >= 11 is 0. The van der Waals surface area contributed by atoms with Gasteiger partial charge in [0, 0.05) is 13.0 Å². The van der Waals surface area contributed by atoms with Gasteiger partial charge >= 0.3 is 6.08 Å². The third-order valence-electron chi connectivity index (χ3n) is 4.42. The predicted molar refractivity (Wildman–Crippen MR) is 92.3 cm³/mol. The van der Waals surface area contributed by atoms with Crippen LogP contribution in [-0.4, -0.2) is 9.55 Å². The van der Waals surface area contributed by atoms with E-state index in [2.05, 4.69) is 41.0 Å². The average Bonchev–Trinajstić information content (AvgIpc) is 3.11. The number of benzene rings is 2. The fourth-order valence-electron chi connectivity index (χ4n) is 3.30. The number of hydrogen-bond donors (Lipinski definition) is 0. The van der Waals surface area contributed by atoms with E-state index < -0.39 is 0 Å². The highest BCUT2D eigenvalue weighted by molar-refractivity contribution is 5.75. The first kappa shape index (κ1) is 14.8. The standard InChI is InChI=1S/C19H20N3O2/c1-4-21-13(3)22(5-2)17-12-14(10-11-16(17)21)23-19-20-15-8-6-7-9-18(15)24-19/h6-12H,4-5H2,1-3H3/q+1. The van der Waals surface area contributed by atoms with E-state index in [-0.39, 0.29) is 6.08 Å².